The van der Waals surface area contributed by atoms with Gasteiger partial charge in [0.15, 0.2) is 0 Å². The molecule has 0 aromatic carbocycles. The predicted octanol–water partition coefficient (Wildman–Crippen LogP) is 3.70. The van der Waals surface area contributed by atoms with E-state index in [0.29, 0.717) is 0 Å². The van der Waals surface area contributed by atoms with Gasteiger partial charge in [0.1, 0.15) is 5.60 Å². The van der Waals surface area contributed by atoms with Crippen molar-refractivity contribution in [2.75, 3.05) is 0 Å². The molecular formula is C14H24O. The highest BCUT2D eigenvalue weighted by molar-refractivity contribution is 5.36. The summed E-state index contributed by atoms with van der Waals surface area (Å²) >= 11 is 0. The Balaban J connectivity index is 3.22. The van der Waals surface area contributed by atoms with E-state index in [-0.39, 0.29) is 10.8 Å². The Labute approximate surface area is 93.9 Å². The molecule has 1 N–H and O–H groups in total. The van der Waals surface area contributed by atoms with Crippen molar-refractivity contribution in [1.29, 1.82) is 0 Å². The SMILES string of the molecule is CC(C)(C)C1=CCC=CC1(O)C(C)(C)C. The third-order valence-electron chi connectivity index (χ3n) is 3.18. The Morgan fingerprint density at radius 2 is 1.67 bits per heavy atom. The lowest BCUT2D eigenvalue weighted by molar-refractivity contribution is 0.00363. The summed E-state index contributed by atoms with van der Waals surface area (Å²) in [5.41, 5.74) is 0.198. The molecule has 1 nitrogen and oxygen atoms in total. The molecular weight excluding hydrogens is 184 g/mol. The van der Waals surface area contributed by atoms with Gasteiger partial charge in [0.05, 0.1) is 0 Å². The highest BCUT2D eigenvalue weighted by atomic mass is 16.3. The van der Waals surface area contributed by atoms with Crippen LogP contribution in [0.15, 0.2) is 23.8 Å². The first kappa shape index (κ1) is 12.5. The van der Waals surface area contributed by atoms with Gasteiger partial charge < -0.3 is 5.11 Å². The Morgan fingerprint density at radius 3 is 2.00 bits per heavy atom. The van der Waals surface area contributed by atoms with E-state index in [0.717, 1.165) is 12.0 Å². The molecule has 86 valence electrons. The monoisotopic (exact) mass is 208 g/mol. The third kappa shape index (κ3) is 2.17. The summed E-state index contributed by atoms with van der Waals surface area (Å²) < 4.78 is 0. The summed E-state index contributed by atoms with van der Waals surface area (Å²) in [6.45, 7) is 12.7. The van der Waals surface area contributed by atoms with Gasteiger partial charge in [0.2, 0.25) is 0 Å². The van der Waals surface area contributed by atoms with E-state index in [1.54, 1.807) is 0 Å². The van der Waals surface area contributed by atoms with Crippen molar-refractivity contribution in [1.82, 2.24) is 0 Å². The molecule has 1 rings (SSSR count). The lowest BCUT2D eigenvalue weighted by atomic mass is 9.63. The second-order valence-electron chi connectivity index (χ2n) is 6.52. The van der Waals surface area contributed by atoms with E-state index in [2.05, 4.69) is 53.7 Å². The van der Waals surface area contributed by atoms with Crippen molar-refractivity contribution in [2.24, 2.45) is 10.8 Å². The average molecular weight is 208 g/mol. The molecule has 0 amide bonds. The lowest BCUT2D eigenvalue weighted by Gasteiger charge is -2.46. The van der Waals surface area contributed by atoms with Crippen molar-refractivity contribution < 1.29 is 5.11 Å². The molecule has 1 heteroatoms. The molecule has 1 atom stereocenters. The van der Waals surface area contributed by atoms with Crippen molar-refractivity contribution >= 4 is 0 Å². The molecule has 0 radical (unpaired) electrons. The van der Waals surface area contributed by atoms with Crippen LogP contribution in [0.3, 0.4) is 0 Å². The van der Waals surface area contributed by atoms with Crippen LogP contribution in [0.2, 0.25) is 0 Å². The zero-order chi connectivity index (χ0) is 11.9. The van der Waals surface area contributed by atoms with Crippen LogP contribution in [0.1, 0.15) is 48.0 Å². The van der Waals surface area contributed by atoms with Gasteiger partial charge in [0.25, 0.3) is 0 Å². The van der Waals surface area contributed by atoms with Crippen LogP contribution in [-0.2, 0) is 0 Å². The van der Waals surface area contributed by atoms with Gasteiger partial charge in [-0.1, -0.05) is 59.8 Å². The zero-order valence-electron chi connectivity index (χ0n) is 10.9. The highest BCUT2D eigenvalue weighted by Gasteiger charge is 2.45. The summed E-state index contributed by atoms with van der Waals surface area (Å²) in [5.74, 6) is 0. The van der Waals surface area contributed by atoms with Gasteiger partial charge in [-0.25, -0.2) is 0 Å². The molecule has 1 aliphatic carbocycles. The zero-order valence-corrected chi connectivity index (χ0v) is 10.9. The first-order chi connectivity index (χ1) is 6.59. The van der Waals surface area contributed by atoms with Gasteiger partial charge in [-0.2, -0.15) is 0 Å². The van der Waals surface area contributed by atoms with Crippen LogP contribution >= 0.6 is 0 Å². The maximum absolute atomic E-state index is 10.8. The van der Waals surface area contributed by atoms with Crippen LogP contribution in [-0.4, -0.2) is 10.7 Å². The van der Waals surface area contributed by atoms with Crippen LogP contribution < -0.4 is 0 Å². The molecule has 0 aromatic rings. The second kappa shape index (κ2) is 3.48. The van der Waals surface area contributed by atoms with E-state index in [4.69, 9.17) is 0 Å². The Hall–Kier alpha value is -0.560. The lowest BCUT2D eigenvalue weighted by Crippen LogP contribution is -2.47. The van der Waals surface area contributed by atoms with Gasteiger partial charge in [-0.05, 0) is 22.8 Å². The molecule has 0 saturated heterocycles. The smallest absolute Gasteiger partial charge is 0.109 e. The minimum atomic E-state index is -0.802. The van der Waals surface area contributed by atoms with Crippen LogP contribution in [0, 0.1) is 10.8 Å². The van der Waals surface area contributed by atoms with Crippen LogP contribution in [0.25, 0.3) is 0 Å². The van der Waals surface area contributed by atoms with Crippen molar-refractivity contribution in [3.8, 4) is 0 Å². The normalized spacial score (nSPS) is 27.8. The summed E-state index contributed by atoms with van der Waals surface area (Å²) in [4.78, 5) is 0. The predicted molar refractivity (Wildman–Crippen MR) is 65.7 cm³/mol. The maximum Gasteiger partial charge on any atom is 0.109 e. The van der Waals surface area contributed by atoms with Gasteiger partial charge in [-0.3, -0.25) is 0 Å². The fourth-order valence-corrected chi connectivity index (χ4v) is 2.20. The van der Waals surface area contributed by atoms with Gasteiger partial charge in [-0.15, -0.1) is 0 Å². The summed E-state index contributed by atoms with van der Waals surface area (Å²) in [5, 5.41) is 10.8. The minimum absolute atomic E-state index is 0.0206. The molecule has 0 heterocycles. The molecule has 0 bridgehead atoms. The minimum Gasteiger partial charge on any atom is -0.381 e. The summed E-state index contributed by atoms with van der Waals surface area (Å²) in [6, 6.07) is 0. The molecule has 0 spiro atoms. The van der Waals surface area contributed by atoms with E-state index in [1.807, 2.05) is 6.08 Å². The van der Waals surface area contributed by atoms with E-state index in [1.165, 1.54) is 0 Å². The van der Waals surface area contributed by atoms with E-state index < -0.39 is 5.60 Å². The maximum atomic E-state index is 10.8. The average Bonchev–Trinajstić information content (AvgIpc) is 2.00. The number of aliphatic hydroxyl groups is 1. The van der Waals surface area contributed by atoms with Crippen molar-refractivity contribution in [2.45, 2.75) is 53.6 Å². The Bertz CT molecular complexity index is 296. The van der Waals surface area contributed by atoms with Crippen LogP contribution in [0.4, 0.5) is 0 Å². The molecule has 0 aromatic heterocycles. The quantitative estimate of drug-likeness (QED) is 0.602. The van der Waals surface area contributed by atoms with Gasteiger partial charge >= 0.3 is 0 Å². The second-order valence-corrected chi connectivity index (χ2v) is 6.52. The van der Waals surface area contributed by atoms with Gasteiger partial charge in [0, 0.05) is 0 Å². The van der Waals surface area contributed by atoms with Crippen molar-refractivity contribution in [3.63, 3.8) is 0 Å². The summed E-state index contributed by atoms with van der Waals surface area (Å²) in [7, 11) is 0. The van der Waals surface area contributed by atoms with E-state index in [9.17, 15) is 5.11 Å². The standard InChI is InChI=1S/C14H24O/c1-12(2,3)11-9-7-8-10-14(11,15)13(4,5)6/h8-10,15H,7H2,1-6H3. The number of hydrogen-bond donors (Lipinski definition) is 1. The first-order valence-electron chi connectivity index (χ1n) is 5.70. The highest BCUT2D eigenvalue weighted by Crippen LogP contribution is 2.46. The fourth-order valence-electron chi connectivity index (χ4n) is 2.20. The Kier molecular flexibility index (Phi) is 2.90. The molecule has 0 fully saturated rings. The molecule has 15 heavy (non-hydrogen) atoms. The summed E-state index contributed by atoms with van der Waals surface area (Å²) in [6.07, 6.45) is 7.13. The number of allylic oxidation sites excluding steroid dienone is 2. The first-order valence-corrected chi connectivity index (χ1v) is 5.70. The number of rotatable bonds is 0. The number of hydrogen-bond acceptors (Lipinski definition) is 1. The fraction of sp³-hybridized carbons (Fsp3) is 0.714. The third-order valence-corrected chi connectivity index (χ3v) is 3.18. The molecule has 0 saturated carbocycles. The largest absolute Gasteiger partial charge is 0.381 e. The van der Waals surface area contributed by atoms with Crippen LogP contribution in [0.5, 0.6) is 0 Å². The van der Waals surface area contributed by atoms with Crippen molar-refractivity contribution in [3.05, 3.63) is 23.8 Å². The molecule has 1 unspecified atom stereocenters. The molecule has 0 aliphatic heterocycles. The molecule has 1 aliphatic rings. The Morgan fingerprint density at radius 1 is 1.13 bits per heavy atom. The van der Waals surface area contributed by atoms with E-state index >= 15 is 0 Å². The topological polar surface area (TPSA) is 20.2 Å².